The van der Waals surface area contributed by atoms with Gasteiger partial charge >= 0.3 is 0 Å². The lowest BCUT2D eigenvalue weighted by Crippen LogP contribution is -2.31. The number of nitrogens with zero attached hydrogens (tertiary/aromatic N) is 3. The first kappa shape index (κ1) is 9.83. The number of sulfonamides is 1. The minimum Gasteiger partial charge on any atom is -0.220 e. The molecule has 0 radical (unpaired) electrons. The maximum absolute atomic E-state index is 11.4. The van der Waals surface area contributed by atoms with Gasteiger partial charge in [-0.2, -0.15) is 0 Å². The zero-order valence-corrected chi connectivity index (χ0v) is 7.90. The lowest BCUT2D eigenvalue weighted by molar-refractivity contribution is 0.564. The first-order valence-corrected chi connectivity index (χ1v) is 5.11. The van der Waals surface area contributed by atoms with Gasteiger partial charge in [0, 0.05) is 9.43 Å². The third-order valence-electron chi connectivity index (χ3n) is 1.95. The Morgan fingerprint density at radius 1 is 1.54 bits per heavy atom. The molecular formula is C7H9N3O2S. The van der Waals surface area contributed by atoms with Crippen molar-refractivity contribution in [2.75, 3.05) is 0 Å². The summed E-state index contributed by atoms with van der Waals surface area (Å²) in [6, 6.07) is 0. The lowest BCUT2D eigenvalue weighted by Gasteiger charge is -2.22. The Morgan fingerprint density at radius 3 is 2.69 bits per heavy atom. The first-order chi connectivity index (χ1) is 6.02. The van der Waals surface area contributed by atoms with Gasteiger partial charge < -0.3 is 0 Å². The Hall–Kier alpha value is -1.26. The van der Waals surface area contributed by atoms with Crippen molar-refractivity contribution < 1.29 is 8.42 Å². The van der Waals surface area contributed by atoms with Gasteiger partial charge in [0.15, 0.2) is 0 Å². The number of allylic oxidation sites excluding steroid dienone is 3. The van der Waals surface area contributed by atoms with Crippen molar-refractivity contribution in [2.24, 2.45) is 4.52 Å². The van der Waals surface area contributed by atoms with Crippen LogP contribution >= 0.6 is 0 Å². The average Bonchev–Trinajstić information content (AvgIpc) is 2.05. The van der Waals surface area contributed by atoms with Crippen LogP contribution in [-0.2, 0) is 10.0 Å². The molecule has 0 aromatic rings. The molecule has 0 aromatic heterocycles. The summed E-state index contributed by atoms with van der Waals surface area (Å²) in [4.78, 5) is 2.31. The van der Waals surface area contributed by atoms with Crippen molar-refractivity contribution in [3.05, 3.63) is 34.7 Å². The number of hydrogen-bond donors (Lipinski definition) is 0. The van der Waals surface area contributed by atoms with E-state index in [1.165, 1.54) is 13.0 Å². The fourth-order valence-electron chi connectivity index (χ4n) is 1.04. The summed E-state index contributed by atoms with van der Waals surface area (Å²) >= 11 is 0. The van der Waals surface area contributed by atoms with E-state index in [1.807, 2.05) is 0 Å². The predicted octanol–water partition coefficient (Wildman–Crippen LogP) is 1.90. The zero-order chi connectivity index (χ0) is 9.95. The van der Waals surface area contributed by atoms with Gasteiger partial charge in [-0.1, -0.05) is 24.3 Å². The first-order valence-electron chi connectivity index (χ1n) is 3.67. The molecule has 0 saturated carbocycles. The van der Waals surface area contributed by atoms with Crippen LogP contribution in [0.5, 0.6) is 0 Å². The molecule has 1 aliphatic carbocycles. The molecule has 0 aliphatic heterocycles. The van der Waals surface area contributed by atoms with Crippen LogP contribution in [0.15, 0.2) is 28.8 Å². The maximum atomic E-state index is 11.4. The monoisotopic (exact) mass is 199 g/mol. The van der Waals surface area contributed by atoms with Crippen LogP contribution < -0.4 is 0 Å². The Bertz CT molecular complexity index is 403. The Morgan fingerprint density at radius 2 is 2.23 bits per heavy atom. The summed E-state index contributed by atoms with van der Waals surface area (Å²) in [5.41, 5.74) is 8.08. The smallest absolute Gasteiger partial charge is 0.220 e. The summed E-state index contributed by atoms with van der Waals surface area (Å²) in [6.07, 6.45) is 6.98. The second-order valence-electron chi connectivity index (χ2n) is 2.95. The van der Waals surface area contributed by atoms with E-state index in [9.17, 15) is 8.42 Å². The van der Waals surface area contributed by atoms with Crippen LogP contribution in [0.4, 0.5) is 0 Å². The average molecular weight is 199 g/mol. The molecule has 1 aliphatic rings. The van der Waals surface area contributed by atoms with E-state index in [2.05, 4.69) is 9.43 Å². The van der Waals surface area contributed by atoms with Gasteiger partial charge in [0.25, 0.3) is 0 Å². The van der Waals surface area contributed by atoms with E-state index < -0.39 is 14.8 Å². The molecular weight excluding hydrogens is 190 g/mol. The van der Waals surface area contributed by atoms with Gasteiger partial charge in [-0.15, -0.1) is 0 Å². The van der Waals surface area contributed by atoms with Crippen molar-refractivity contribution in [1.29, 1.82) is 0 Å². The van der Waals surface area contributed by atoms with Gasteiger partial charge in [0.1, 0.15) is 0 Å². The molecule has 1 rings (SSSR count). The molecule has 0 N–H and O–H groups in total. The van der Waals surface area contributed by atoms with Gasteiger partial charge in [-0.05, 0) is 18.9 Å². The largest absolute Gasteiger partial charge is 0.244 e. The van der Waals surface area contributed by atoms with Crippen molar-refractivity contribution >= 4 is 10.0 Å². The highest BCUT2D eigenvalue weighted by molar-refractivity contribution is 7.91. The zero-order valence-electron chi connectivity index (χ0n) is 7.08. The molecule has 0 aromatic carbocycles. The molecule has 1 unspecified atom stereocenters. The SMILES string of the molecule is CC1(S(=O)(=O)N=[N+]=[N-])C=CC=CC1. The number of azide groups is 1. The van der Waals surface area contributed by atoms with Crippen LogP contribution in [0.25, 0.3) is 10.4 Å². The summed E-state index contributed by atoms with van der Waals surface area (Å²) < 4.78 is 24.5. The minimum absolute atomic E-state index is 0.338. The highest BCUT2D eigenvalue weighted by Gasteiger charge is 2.35. The van der Waals surface area contributed by atoms with E-state index >= 15 is 0 Å². The summed E-state index contributed by atoms with van der Waals surface area (Å²) in [5, 5.41) is 0. The van der Waals surface area contributed by atoms with E-state index in [-0.39, 0.29) is 0 Å². The Kier molecular flexibility index (Phi) is 2.45. The quantitative estimate of drug-likeness (QED) is 0.386. The molecule has 13 heavy (non-hydrogen) atoms. The number of rotatable bonds is 2. The van der Waals surface area contributed by atoms with E-state index in [1.54, 1.807) is 18.2 Å². The van der Waals surface area contributed by atoms with Gasteiger partial charge in [-0.3, -0.25) is 0 Å². The Labute approximate surface area is 76.4 Å². The van der Waals surface area contributed by atoms with E-state index in [0.717, 1.165) is 0 Å². The minimum atomic E-state index is -3.76. The second kappa shape index (κ2) is 3.24. The maximum Gasteiger partial charge on any atom is 0.244 e. The summed E-state index contributed by atoms with van der Waals surface area (Å²) in [5.74, 6) is 0. The summed E-state index contributed by atoms with van der Waals surface area (Å²) in [7, 11) is -3.76. The Balaban J connectivity index is 3.14. The van der Waals surface area contributed by atoms with Gasteiger partial charge in [0.2, 0.25) is 10.0 Å². The van der Waals surface area contributed by atoms with Crippen molar-refractivity contribution in [3.8, 4) is 0 Å². The van der Waals surface area contributed by atoms with E-state index in [0.29, 0.717) is 6.42 Å². The molecule has 0 amide bonds. The molecule has 5 nitrogen and oxygen atoms in total. The van der Waals surface area contributed by atoms with Crippen LogP contribution in [0.1, 0.15) is 13.3 Å². The molecule has 1 atom stereocenters. The lowest BCUT2D eigenvalue weighted by atomic mass is 10.0. The standard InChI is InChI=1S/C7H9N3O2S/c1-7(5-3-2-4-6-7)13(11,12)10-9-8/h2-5H,6H2,1H3. The van der Waals surface area contributed by atoms with Gasteiger partial charge in [-0.25, -0.2) is 8.42 Å². The summed E-state index contributed by atoms with van der Waals surface area (Å²) in [6.45, 7) is 1.52. The molecule has 0 bridgehead atoms. The van der Waals surface area contributed by atoms with Crippen molar-refractivity contribution in [1.82, 2.24) is 0 Å². The molecule has 0 fully saturated rings. The third-order valence-corrected chi connectivity index (χ3v) is 3.72. The van der Waals surface area contributed by atoms with Crippen molar-refractivity contribution in [3.63, 3.8) is 0 Å². The predicted molar refractivity (Wildman–Crippen MR) is 49.4 cm³/mol. The molecule has 0 heterocycles. The highest BCUT2D eigenvalue weighted by atomic mass is 32.2. The van der Waals surface area contributed by atoms with E-state index in [4.69, 9.17) is 5.53 Å². The fraction of sp³-hybridized carbons (Fsp3) is 0.429. The van der Waals surface area contributed by atoms with Crippen LogP contribution in [-0.4, -0.2) is 13.2 Å². The van der Waals surface area contributed by atoms with Crippen LogP contribution in [0.2, 0.25) is 0 Å². The molecule has 70 valence electrons. The molecule has 0 saturated heterocycles. The fourth-order valence-corrected chi connectivity index (χ4v) is 1.88. The molecule has 0 spiro atoms. The van der Waals surface area contributed by atoms with Crippen LogP contribution in [0.3, 0.4) is 0 Å². The second-order valence-corrected chi connectivity index (χ2v) is 5.00. The van der Waals surface area contributed by atoms with Gasteiger partial charge in [0.05, 0.1) is 4.75 Å². The third kappa shape index (κ3) is 1.74. The van der Waals surface area contributed by atoms with Crippen molar-refractivity contribution in [2.45, 2.75) is 18.1 Å². The highest BCUT2D eigenvalue weighted by Crippen LogP contribution is 2.28. The molecule has 6 heteroatoms. The number of hydrogen-bond acceptors (Lipinski definition) is 2. The normalized spacial score (nSPS) is 26.8. The topological polar surface area (TPSA) is 82.9 Å². The van der Waals surface area contributed by atoms with Crippen LogP contribution in [0, 0.1) is 0 Å².